The van der Waals surface area contributed by atoms with Crippen LogP contribution in [0, 0.1) is 0 Å². The third-order valence-electron chi connectivity index (χ3n) is 2.72. The second-order valence-corrected chi connectivity index (χ2v) is 4.00. The van der Waals surface area contributed by atoms with Gasteiger partial charge in [-0.1, -0.05) is 0 Å². The molecule has 2 rings (SSSR count). The van der Waals surface area contributed by atoms with E-state index in [2.05, 4.69) is 4.98 Å². The van der Waals surface area contributed by atoms with Crippen molar-refractivity contribution in [1.82, 2.24) is 9.55 Å². The molecule has 1 aliphatic heterocycles. The molecule has 0 unspecified atom stereocenters. The molecule has 7 nitrogen and oxygen atoms in total. The maximum atomic E-state index is 11.6. The molecule has 0 amide bonds. The molecule has 0 radical (unpaired) electrons. The largest absolute Gasteiger partial charge is 0.469 e. The topological polar surface area (TPSA) is 105 Å². The first-order valence-corrected chi connectivity index (χ1v) is 5.58. The van der Waals surface area contributed by atoms with E-state index in [1.807, 2.05) is 0 Å². The predicted octanol–water partition coefficient (Wildman–Crippen LogP) is -0.917. The Labute approximate surface area is 102 Å². The minimum atomic E-state index is -0.949. The van der Waals surface area contributed by atoms with Gasteiger partial charge in [-0.2, -0.15) is 0 Å². The van der Waals surface area contributed by atoms with Crippen molar-refractivity contribution in [2.45, 2.75) is 25.2 Å². The summed E-state index contributed by atoms with van der Waals surface area (Å²) in [6.45, 7) is -0.304. The lowest BCUT2D eigenvalue weighted by molar-refractivity contribution is -0.0569. The van der Waals surface area contributed by atoms with Crippen LogP contribution in [-0.2, 0) is 4.74 Å². The van der Waals surface area contributed by atoms with Gasteiger partial charge in [0.25, 0.3) is 5.56 Å². The van der Waals surface area contributed by atoms with Gasteiger partial charge in [0.1, 0.15) is 18.5 Å². The zero-order valence-electron chi connectivity index (χ0n) is 9.57. The SMILES string of the molecule is O=c1ccn([C@@H]2OC(CO)=CCC[C@H]2O)c(=O)[nH]1. The molecule has 18 heavy (non-hydrogen) atoms. The molecule has 2 heterocycles. The van der Waals surface area contributed by atoms with Crippen LogP contribution in [0.3, 0.4) is 0 Å². The molecular formula is C11H14N2O5. The van der Waals surface area contributed by atoms with E-state index >= 15 is 0 Å². The number of aliphatic hydroxyl groups excluding tert-OH is 2. The van der Waals surface area contributed by atoms with Crippen LogP contribution in [0.1, 0.15) is 19.1 Å². The van der Waals surface area contributed by atoms with Gasteiger partial charge in [0.05, 0.1) is 0 Å². The first-order chi connectivity index (χ1) is 8.61. The highest BCUT2D eigenvalue weighted by Crippen LogP contribution is 2.23. The summed E-state index contributed by atoms with van der Waals surface area (Å²) < 4.78 is 6.48. The van der Waals surface area contributed by atoms with Crippen molar-refractivity contribution in [3.63, 3.8) is 0 Å². The molecule has 0 fully saturated rings. The Morgan fingerprint density at radius 1 is 1.50 bits per heavy atom. The Hall–Kier alpha value is -1.86. The summed E-state index contributed by atoms with van der Waals surface area (Å²) in [6, 6.07) is 1.17. The summed E-state index contributed by atoms with van der Waals surface area (Å²) in [7, 11) is 0. The third kappa shape index (κ3) is 2.52. The third-order valence-corrected chi connectivity index (χ3v) is 2.72. The minimum absolute atomic E-state index is 0.301. The van der Waals surface area contributed by atoms with Crippen molar-refractivity contribution < 1.29 is 14.9 Å². The number of hydrogen-bond acceptors (Lipinski definition) is 5. The zero-order chi connectivity index (χ0) is 13.1. The average Bonchev–Trinajstić information content (AvgIpc) is 2.51. The fourth-order valence-corrected chi connectivity index (χ4v) is 1.81. The van der Waals surface area contributed by atoms with Gasteiger partial charge in [-0.25, -0.2) is 4.79 Å². The summed E-state index contributed by atoms with van der Waals surface area (Å²) >= 11 is 0. The van der Waals surface area contributed by atoms with Gasteiger partial charge in [-0.15, -0.1) is 0 Å². The number of ether oxygens (including phenoxy) is 1. The maximum Gasteiger partial charge on any atom is 0.331 e. The number of allylic oxidation sites excluding steroid dienone is 1. The summed E-state index contributed by atoms with van der Waals surface area (Å²) in [5, 5.41) is 19.0. The molecule has 0 saturated carbocycles. The molecule has 1 aromatic rings. The van der Waals surface area contributed by atoms with Crippen LogP contribution in [-0.4, -0.2) is 32.5 Å². The molecule has 7 heteroatoms. The number of aromatic amines is 1. The van der Waals surface area contributed by atoms with E-state index in [0.29, 0.717) is 18.6 Å². The number of nitrogens with one attached hydrogen (secondary N) is 1. The fourth-order valence-electron chi connectivity index (χ4n) is 1.81. The van der Waals surface area contributed by atoms with Crippen molar-refractivity contribution in [3.05, 3.63) is 44.9 Å². The van der Waals surface area contributed by atoms with E-state index in [0.717, 1.165) is 4.57 Å². The van der Waals surface area contributed by atoms with Gasteiger partial charge in [0.2, 0.25) is 6.23 Å². The molecule has 0 bridgehead atoms. The second kappa shape index (κ2) is 5.19. The van der Waals surface area contributed by atoms with Gasteiger partial charge in [0.15, 0.2) is 0 Å². The number of aliphatic hydroxyl groups is 2. The summed E-state index contributed by atoms with van der Waals surface area (Å²) in [5.41, 5.74) is -1.18. The predicted molar refractivity (Wildman–Crippen MR) is 61.9 cm³/mol. The van der Waals surface area contributed by atoms with Crippen molar-refractivity contribution in [2.24, 2.45) is 0 Å². The number of nitrogens with zero attached hydrogens (tertiary/aromatic N) is 1. The molecule has 1 aliphatic rings. The van der Waals surface area contributed by atoms with E-state index in [1.54, 1.807) is 6.08 Å². The van der Waals surface area contributed by atoms with Gasteiger partial charge < -0.3 is 14.9 Å². The molecule has 1 aromatic heterocycles. The molecule has 2 atom stereocenters. The summed E-state index contributed by atoms with van der Waals surface area (Å²) in [4.78, 5) is 24.7. The van der Waals surface area contributed by atoms with Crippen LogP contribution < -0.4 is 11.2 Å². The van der Waals surface area contributed by atoms with Gasteiger partial charge in [-0.05, 0) is 18.9 Å². The second-order valence-electron chi connectivity index (χ2n) is 4.00. The lowest BCUT2D eigenvalue weighted by Crippen LogP contribution is -2.37. The van der Waals surface area contributed by atoms with Crippen molar-refractivity contribution >= 4 is 0 Å². The normalized spacial score (nSPS) is 24.0. The highest BCUT2D eigenvalue weighted by atomic mass is 16.5. The number of rotatable bonds is 2. The highest BCUT2D eigenvalue weighted by molar-refractivity contribution is 4.98. The van der Waals surface area contributed by atoms with Crippen LogP contribution in [0.4, 0.5) is 0 Å². The fraction of sp³-hybridized carbons (Fsp3) is 0.455. The zero-order valence-corrected chi connectivity index (χ0v) is 9.57. The van der Waals surface area contributed by atoms with Gasteiger partial charge >= 0.3 is 5.69 Å². The molecule has 0 aliphatic carbocycles. The lowest BCUT2D eigenvalue weighted by Gasteiger charge is -2.24. The quantitative estimate of drug-likeness (QED) is 0.633. The standard InChI is InChI=1S/C11H14N2O5/c14-6-7-2-1-3-8(15)10(18-7)13-5-4-9(16)12-11(13)17/h2,4-5,8,10,14-15H,1,3,6H2,(H,12,16,17)/t8-,10-/m1/s1. The molecule has 98 valence electrons. The Morgan fingerprint density at radius 2 is 2.28 bits per heavy atom. The molecule has 3 N–H and O–H groups in total. The van der Waals surface area contributed by atoms with E-state index in [4.69, 9.17) is 9.84 Å². The lowest BCUT2D eigenvalue weighted by atomic mass is 10.2. The molecule has 0 saturated heterocycles. The molecular weight excluding hydrogens is 240 g/mol. The molecule has 0 aromatic carbocycles. The van der Waals surface area contributed by atoms with E-state index in [1.165, 1.54) is 12.3 Å². The highest BCUT2D eigenvalue weighted by Gasteiger charge is 2.26. The Kier molecular flexibility index (Phi) is 3.63. The van der Waals surface area contributed by atoms with Crippen LogP contribution in [0.2, 0.25) is 0 Å². The minimum Gasteiger partial charge on any atom is -0.469 e. The Morgan fingerprint density at radius 3 is 2.94 bits per heavy atom. The van der Waals surface area contributed by atoms with Crippen molar-refractivity contribution in [3.8, 4) is 0 Å². The van der Waals surface area contributed by atoms with Crippen molar-refractivity contribution in [2.75, 3.05) is 6.61 Å². The smallest absolute Gasteiger partial charge is 0.331 e. The monoisotopic (exact) mass is 254 g/mol. The van der Waals surface area contributed by atoms with Crippen LogP contribution in [0.25, 0.3) is 0 Å². The number of hydrogen-bond donors (Lipinski definition) is 3. The Bertz CT molecular complexity index is 559. The summed E-state index contributed by atoms with van der Waals surface area (Å²) in [5.74, 6) is 0.301. The first kappa shape index (κ1) is 12.6. The van der Waals surface area contributed by atoms with Gasteiger partial charge in [-0.3, -0.25) is 14.3 Å². The van der Waals surface area contributed by atoms with E-state index in [-0.39, 0.29) is 6.61 Å². The van der Waals surface area contributed by atoms with E-state index < -0.39 is 23.6 Å². The maximum absolute atomic E-state index is 11.6. The average molecular weight is 254 g/mol. The Balaban J connectivity index is 2.37. The van der Waals surface area contributed by atoms with Crippen molar-refractivity contribution in [1.29, 1.82) is 0 Å². The first-order valence-electron chi connectivity index (χ1n) is 5.58. The van der Waals surface area contributed by atoms with Crippen LogP contribution >= 0.6 is 0 Å². The number of aromatic nitrogens is 2. The summed E-state index contributed by atoms with van der Waals surface area (Å²) in [6.07, 6.45) is 2.03. The molecule has 0 spiro atoms. The number of H-pyrrole nitrogens is 1. The van der Waals surface area contributed by atoms with Crippen LogP contribution in [0.5, 0.6) is 0 Å². The van der Waals surface area contributed by atoms with Gasteiger partial charge in [0, 0.05) is 12.3 Å². The van der Waals surface area contributed by atoms with Crippen LogP contribution in [0.15, 0.2) is 33.7 Å². The van der Waals surface area contributed by atoms with E-state index in [9.17, 15) is 14.7 Å².